The maximum Gasteiger partial charge on any atom is 0.257 e. The number of benzene rings is 2. The molecule has 31 heavy (non-hydrogen) atoms. The first-order valence-corrected chi connectivity index (χ1v) is 11.1. The van der Waals surface area contributed by atoms with Crippen molar-refractivity contribution in [3.05, 3.63) is 81.1 Å². The lowest BCUT2D eigenvalue weighted by atomic mass is 10.1. The molecule has 0 radical (unpaired) electrons. The second-order valence-corrected chi connectivity index (χ2v) is 8.47. The number of aryl methyl sites for hydroxylation is 4. The molecule has 0 saturated heterocycles. The smallest absolute Gasteiger partial charge is 0.257 e. The summed E-state index contributed by atoms with van der Waals surface area (Å²) in [6, 6.07) is 13.4. The van der Waals surface area contributed by atoms with Crippen molar-refractivity contribution in [3.8, 4) is 0 Å². The minimum atomic E-state index is -0.204. The first-order valence-electron chi connectivity index (χ1n) is 10.3. The van der Waals surface area contributed by atoms with Gasteiger partial charge in [0.25, 0.3) is 5.91 Å². The second-order valence-electron chi connectivity index (χ2n) is 7.55. The van der Waals surface area contributed by atoms with Crippen molar-refractivity contribution >= 4 is 33.5 Å². The van der Waals surface area contributed by atoms with Gasteiger partial charge in [0, 0.05) is 34.0 Å². The molecule has 6 nitrogen and oxygen atoms in total. The summed E-state index contributed by atoms with van der Waals surface area (Å²) in [4.78, 5) is 17.5. The number of carbonyl (C=O) groups excluding carboxylic acids is 1. The molecular weight excluding hydrogens is 454 g/mol. The largest absolute Gasteiger partial charge is 0.326 e. The fourth-order valence-electron chi connectivity index (χ4n) is 3.06. The van der Waals surface area contributed by atoms with E-state index in [0.29, 0.717) is 18.1 Å². The lowest BCUT2D eigenvalue weighted by Gasteiger charge is -2.13. The zero-order valence-electron chi connectivity index (χ0n) is 18.4. The lowest BCUT2D eigenvalue weighted by molar-refractivity contribution is 0.0977. The van der Waals surface area contributed by atoms with E-state index in [0.717, 1.165) is 45.5 Å². The summed E-state index contributed by atoms with van der Waals surface area (Å²) < 4.78 is 2.92. The Bertz CT molecular complexity index is 1090. The van der Waals surface area contributed by atoms with E-state index >= 15 is 0 Å². The van der Waals surface area contributed by atoms with Crippen molar-refractivity contribution in [1.82, 2.24) is 15.1 Å². The number of rotatable bonds is 6. The van der Waals surface area contributed by atoms with E-state index in [9.17, 15) is 4.79 Å². The fraction of sp³-hybridized carbons (Fsp3) is 0.292. The minimum absolute atomic E-state index is 0.204. The van der Waals surface area contributed by atoms with Crippen molar-refractivity contribution in [1.29, 1.82) is 0 Å². The highest BCUT2D eigenvalue weighted by molar-refractivity contribution is 9.10. The Morgan fingerprint density at radius 1 is 1.10 bits per heavy atom. The van der Waals surface area contributed by atoms with Crippen molar-refractivity contribution in [2.75, 3.05) is 5.32 Å². The van der Waals surface area contributed by atoms with Crippen LogP contribution in [0.15, 0.2) is 58.1 Å². The predicted molar refractivity (Wildman–Crippen MR) is 130 cm³/mol. The molecule has 3 aromatic rings. The van der Waals surface area contributed by atoms with Gasteiger partial charge in [0.15, 0.2) is 0 Å². The van der Waals surface area contributed by atoms with E-state index in [-0.39, 0.29) is 5.91 Å². The summed E-state index contributed by atoms with van der Waals surface area (Å²) in [6.07, 6.45) is 3.04. The predicted octanol–water partition coefficient (Wildman–Crippen LogP) is 5.38. The highest BCUT2D eigenvalue weighted by atomic mass is 79.9. The van der Waals surface area contributed by atoms with E-state index in [1.165, 1.54) is 0 Å². The van der Waals surface area contributed by atoms with Crippen LogP contribution in [0.5, 0.6) is 0 Å². The van der Waals surface area contributed by atoms with E-state index in [1.807, 2.05) is 74.1 Å². The third kappa shape index (κ3) is 6.28. The van der Waals surface area contributed by atoms with Crippen LogP contribution in [0.4, 0.5) is 5.69 Å². The number of amides is 1. The molecular formula is C24H28BrN5O. The summed E-state index contributed by atoms with van der Waals surface area (Å²) in [5.74, 6) is 0.193. The molecule has 0 saturated carbocycles. The number of hydrogen-bond donors (Lipinski definition) is 2. The molecule has 0 spiro atoms. The lowest BCUT2D eigenvalue weighted by Crippen LogP contribution is -2.36. The summed E-state index contributed by atoms with van der Waals surface area (Å²) in [7, 11) is 0. The Hall–Kier alpha value is -2.93. The zero-order valence-corrected chi connectivity index (χ0v) is 20.0. The Balaban J connectivity index is 1.82. The van der Waals surface area contributed by atoms with Gasteiger partial charge >= 0.3 is 0 Å². The minimum Gasteiger partial charge on any atom is -0.326 e. The average molecular weight is 482 g/mol. The normalized spacial score (nSPS) is 11.5. The highest BCUT2D eigenvalue weighted by Gasteiger charge is 2.11. The number of carbonyl (C=O) groups is 1. The van der Waals surface area contributed by atoms with Crippen LogP contribution in [0.3, 0.4) is 0 Å². The van der Waals surface area contributed by atoms with E-state index < -0.39 is 0 Å². The Labute approximate surface area is 191 Å². The molecule has 0 bridgehead atoms. The Kier molecular flexibility index (Phi) is 7.63. The number of guanidine groups is 1. The van der Waals surface area contributed by atoms with Crippen molar-refractivity contribution in [2.45, 2.75) is 47.2 Å². The maximum absolute atomic E-state index is 12.9. The van der Waals surface area contributed by atoms with Crippen LogP contribution in [0, 0.1) is 20.8 Å². The molecule has 7 heteroatoms. The topological polar surface area (TPSA) is 71.3 Å². The van der Waals surface area contributed by atoms with Gasteiger partial charge in [0.05, 0.1) is 12.2 Å². The number of nitrogens with zero attached hydrogens (tertiary/aromatic N) is 3. The number of anilines is 1. The molecule has 0 atom stereocenters. The van der Waals surface area contributed by atoms with Gasteiger partial charge in [-0.1, -0.05) is 28.9 Å². The number of aromatic nitrogens is 2. The van der Waals surface area contributed by atoms with Gasteiger partial charge in [-0.2, -0.15) is 5.10 Å². The average Bonchev–Trinajstić information content (AvgIpc) is 3.09. The monoisotopic (exact) mass is 481 g/mol. The van der Waals surface area contributed by atoms with Crippen LogP contribution in [0.25, 0.3) is 0 Å². The quantitative estimate of drug-likeness (QED) is 0.366. The standard InChI is InChI=1S/C24H28BrN5O/c1-5-12-30-15-20(18(4)29-30)14-26-24(27-22-10-8-21(25)9-11-22)28-23(31)19-7-6-16(2)17(3)13-19/h6-11,13,15H,5,12,14H2,1-4H3,(H2,26,27,28,31). The van der Waals surface area contributed by atoms with E-state index in [1.54, 1.807) is 0 Å². The number of hydrogen-bond acceptors (Lipinski definition) is 3. The molecule has 3 rings (SSSR count). The molecule has 0 unspecified atom stereocenters. The molecule has 0 aliphatic heterocycles. The van der Waals surface area contributed by atoms with E-state index in [2.05, 4.69) is 43.6 Å². The van der Waals surface area contributed by atoms with Crippen LogP contribution in [0.1, 0.15) is 46.1 Å². The Morgan fingerprint density at radius 3 is 2.52 bits per heavy atom. The molecule has 1 amide bonds. The summed E-state index contributed by atoms with van der Waals surface area (Å²) in [6.45, 7) is 9.42. The SMILES string of the molecule is CCCn1cc(CN=C(NC(=O)c2ccc(C)c(C)c2)Nc2ccc(Br)cc2)c(C)n1. The van der Waals surface area contributed by atoms with Crippen LogP contribution >= 0.6 is 15.9 Å². The summed E-state index contributed by atoms with van der Waals surface area (Å²) >= 11 is 3.44. The second kappa shape index (κ2) is 10.4. The molecule has 0 fully saturated rings. The van der Waals surface area contributed by atoms with Crippen molar-refractivity contribution in [2.24, 2.45) is 4.99 Å². The molecule has 1 aromatic heterocycles. The van der Waals surface area contributed by atoms with Gasteiger partial charge in [0.2, 0.25) is 5.96 Å². The van der Waals surface area contributed by atoms with Crippen molar-refractivity contribution in [3.63, 3.8) is 0 Å². The summed E-state index contributed by atoms with van der Waals surface area (Å²) in [5, 5.41) is 10.7. The number of nitrogens with one attached hydrogen (secondary N) is 2. The molecule has 0 aliphatic rings. The molecule has 0 aliphatic carbocycles. The van der Waals surface area contributed by atoms with Gasteiger partial charge in [-0.25, -0.2) is 4.99 Å². The van der Waals surface area contributed by atoms with Gasteiger partial charge in [-0.05, 0) is 74.7 Å². The third-order valence-corrected chi connectivity index (χ3v) is 5.54. The van der Waals surface area contributed by atoms with Crippen molar-refractivity contribution < 1.29 is 4.79 Å². The van der Waals surface area contributed by atoms with Gasteiger partial charge in [-0.15, -0.1) is 0 Å². The fourth-order valence-corrected chi connectivity index (χ4v) is 3.33. The van der Waals surface area contributed by atoms with Crippen LogP contribution in [-0.4, -0.2) is 21.6 Å². The van der Waals surface area contributed by atoms with Gasteiger partial charge in [0.1, 0.15) is 0 Å². The van der Waals surface area contributed by atoms with E-state index in [4.69, 9.17) is 0 Å². The molecule has 2 aromatic carbocycles. The number of halogens is 1. The van der Waals surface area contributed by atoms with Gasteiger partial charge < -0.3 is 5.32 Å². The van der Waals surface area contributed by atoms with Gasteiger partial charge in [-0.3, -0.25) is 14.8 Å². The summed E-state index contributed by atoms with van der Waals surface area (Å²) in [5.41, 5.74) is 5.63. The Morgan fingerprint density at radius 2 is 1.84 bits per heavy atom. The van der Waals surface area contributed by atoms with Crippen LogP contribution < -0.4 is 10.6 Å². The first-order chi connectivity index (χ1) is 14.9. The van der Waals surface area contributed by atoms with Crippen LogP contribution in [-0.2, 0) is 13.1 Å². The number of aliphatic imine (C=N–C) groups is 1. The third-order valence-electron chi connectivity index (χ3n) is 5.02. The highest BCUT2D eigenvalue weighted by Crippen LogP contribution is 2.15. The molecule has 1 heterocycles. The maximum atomic E-state index is 12.9. The molecule has 162 valence electrons. The first kappa shape index (κ1) is 22.7. The van der Waals surface area contributed by atoms with Crippen LogP contribution in [0.2, 0.25) is 0 Å². The molecule has 2 N–H and O–H groups in total. The zero-order chi connectivity index (χ0) is 22.4.